The average Bonchev–Trinajstić information content (AvgIpc) is 2.58. The summed E-state index contributed by atoms with van der Waals surface area (Å²) in [4.78, 5) is 0. The minimum atomic E-state index is -4.42. The Morgan fingerprint density at radius 2 is 1.00 bits per heavy atom. The fraction of sp³-hybridized carbons (Fsp3) is 1.00. The molecular weight excluding hydrogens is 371 g/mol. The Labute approximate surface area is 191 Å². The minimum absolute atomic E-state index is 0. The molecule has 0 saturated carbocycles. The van der Waals surface area contributed by atoms with Crippen molar-refractivity contribution in [3.63, 3.8) is 0 Å². The van der Waals surface area contributed by atoms with Crippen LogP contribution in [-0.2, 0) is 10.1 Å². The van der Waals surface area contributed by atoms with Gasteiger partial charge < -0.3 is 9.66 Å². The number of unbranched alkanes of at least 4 members (excludes halogenated alkanes) is 13. The van der Waals surface area contributed by atoms with Gasteiger partial charge in [0.2, 0.25) is 0 Å². The van der Waals surface area contributed by atoms with Crippen LogP contribution >= 0.6 is 0 Å². The molecule has 27 heavy (non-hydrogen) atoms. The van der Waals surface area contributed by atoms with Crippen LogP contribution in [0.2, 0.25) is 0 Å². The molecular formula is C21H43NaO4S. The quantitative estimate of drug-likeness (QED) is 0.200. The van der Waals surface area contributed by atoms with Crippen molar-refractivity contribution in [1.82, 2.24) is 0 Å². The molecule has 2 unspecified atom stereocenters. The summed E-state index contributed by atoms with van der Waals surface area (Å²) < 4.78 is 34.5. The van der Waals surface area contributed by atoms with Gasteiger partial charge in [0.15, 0.2) is 0 Å². The van der Waals surface area contributed by atoms with Gasteiger partial charge in [-0.1, -0.05) is 110 Å². The van der Waals surface area contributed by atoms with Crippen molar-refractivity contribution in [2.75, 3.05) is 0 Å². The molecule has 0 rings (SSSR count). The minimum Gasteiger partial charge on any atom is -0.748 e. The van der Waals surface area contributed by atoms with E-state index in [1.54, 1.807) is 0 Å². The number of rotatable bonds is 19. The van der Waals surface area contributed by atoms with Gasteiger partial charge >= 0.3 is 29.6 Å². The van der Waals surface area contributed by atoms with E-state index in [0.717, 1.165) is 32.1 Å². The molecule has 0 amide bonds. The maximum absolute atomic E-state index is 11.5. The summed E-state index contributed by atoms with van der Waals surface area (Å²) in [6.07, 6.45) is 16.6. The van der Waals surface area contributed by atoms with Gasteiger partial charge in [-0.15, -0.1) is 0 Å². The van der Waals surface area contributed by atoms with Gasteiger partial charge in [0.1, 0.15) is 10.1 Å². The second kappa shape index (κ2) is 20.2. The van der Waals surface area contributed by atoms with Crippen molar-refractivity contribution >= 4 is 10.1 Å². The molecule has 0 saturated heterocycles. The summed E-state index contributed by atoms with van der Waals surface area (Å²) in [5.74, 6) is 0. The maximum atomic E-state index is 11.5. The van der Waals surface area contributed by atoms with E-state index in [9.17, 15) is 18.1 Å². The van der Waals surface area contributed by atoms with E-state index in [1.165, 1.54) is 57.8 Å². The molecule has 0 radical (unpaired) electrons. The third-order valence-corrected chi connectivity index (χ3v) is 6.54. The summed E-state index contributed by atoms with van der Waals surface area (Å²) in [6.45, 7) is 4.38. The predicted octanol–water partition coefficient (Wildman–Crippen LogP) is 2.94. The second-order valence-corrected chi connectivity index (χ2v) is 9.36. The molecule has 0 bridgehead atoms. The summed E-state index contributed by atoms with van der Waals surface area (Å²) in [6, 6.07) is 0. The summed E-state index contributed by atoms with van der Waals surface area (Å²) in [5, 5.41) is 9.07. The fourth-order valence-electron chi connectivity index (χ4n) is 3.50. The molecule has 2 atom stereocenters. The van der Waals surface area contributed by atoms with Crippen molar-refractivity contribution in [2.45, 2.75) is 134 Å². The van der Waals surface area contributed by atoms with E-state index < -0.39 is 21.5 Å². The first kappa shape index (κ1) is 30.1. The van der Waals surface area contributed by atoms with Gasteiger partial charge in [-0.25, -0.2) is 8.42 Å². The van der Waals surface area contributed by atoms with Crippen LogP contribution in [-0.4, -0.2) is 29.4 Å². The molecule has 0 aliphatic rings. The Kier molecular flexibility index (Phi) is 22.4. The largest absolute Gasteiger partial charge is 1.00 e. The maximum Gasteiger partial charge on any atom is 1.00 e. The van der Waals surface area contributed by atoms with Crippen LogP contribution in [0.5, 0.6) is 0 Å². The monoisotopic (exact) mass is 414 g/mol. The zero-order valence-electron chi connectivity index (χ0n) is 18.3. The zero-order valence-corrected chi connectivity index (χ0v) is 21.1. The second-order valence-electron chi connectivity index (χ2n) is 7.77. The third kappa shape index (κ3) is 18.6. The standard InChI is InChI=1S/C21H44O4S.Na/c1-3-5-7-9-11-12-13-15-17-19-21(26(23,24)25)20(22)18-16-14-10-8-6-4-2;/h20-22H,3-19H2,1-2H3,(H,23,24,25);/q;+1/p-1. The molecule has 0 aromatic rings. The van der Waals surface area contributed by atoms with Gasteiger partial charge in [0.05, 0.1) is 11.4 Å². The van der Waals surface area contributed by atoms with E-state index in [1.807, 2.05) is 0 Å². The average molecular weight is 415 g/mol. The summed E-state index contributed by atoms with van der Waals surface area (Å²) >= 11 is 0. The Morgan fingerprint density at radius 1 is 0.667 bits per heavy atom. The number of aliphatic hydroxyl groups excluding tert-OH is 1. The molecule has 0 fully saturated rings. The first-order chi connectivity index (χ1) is 12.4. The Morgan fingerprint density at radius 3 is 1.37 bits per heavy atom. The molecule has 0 spiro atoms. The topological polar surface area (TPSA) is 77.4 Å². The number of hydrogen-bond donors (Lipinski definition) is 1. The van der Waals surface area contributed by atoms with Crippen LogP contribution in [0.1, 0.15) is 123 Å². The smallest absolute Gasteiger partial charge is 0.748 e. The predicted molar refractivity (Wildman–Crippen MR) is 109 cm³/mol. The zero-order chi connectivity index (χ0) is 19.7. The van der Waals surface area contributed by atoms with Gasteiger partial charge in [0, 0.05) is 0 Å². The fourth-order valence-corrected chi connectivity index (χ4v) is 4.48. The van der Waals surface area contributed by atoms with Gasteiger partial charge in [0.25, 0.3) is 0 Å². The van der Waals surface area contributed by atoms with Crippen LogP contribution in [0.3, 0.4) is 0 Å². The molecule has 6 heteroatoms. The van der Waals surface area contributed by atoms with Gasteiger partial charge in [-0.05, 0) is 12.8 Å². The normalized spacial score (nSPS) is 13.9. The first-order valence-corrected chi connectivity index (χ1v) is 12.5. The molecule has 0 heterocycles. The molecule has 0 aromatic carbocycles. The molecule has 158 valence electrons. The molecule has 1 N–H and O–H groups in total. The Balaban J connectivity index is 0. The van der Waals surface area contributed by atoms with Crippen LogP contribution < -0.4 is 29.6 Å². The van der Waals surface area contributed by atoms with Gasteiger partial charge in [-0.2, -0.15) is 0 Å². The number of aliphatic hydroxyl groups is 1. The van der Waals surface area contributed by atoms with Crippen LogP contribution in [0.4, 0.5) is 0 Å². The van der Waals surface area contributed by atoms with E-state index in [4.69, 9.17) is 0 Å². The molecule has 4 nitrogen and oxygen atoms in total. The van der Waals surface area contributed by atoms with Crippen LogP contribution in [0, 0.1) is 0 Å². The molecule has 0 aliphatic heterocycles. The Hall–Kier alpha value is 0.870. The SMILES string of the molecule is CCCCCCCCCCCC(C(O)CCCCCCCC)S(=O)(=O)[O-].[Na+]. The van der Waals surface area contributed by atoms with Crippen molar-refractivity contribution in [2.24, 2.45) is 0 Å². The first-order valence-electron chi connectivity index (χ1n) is 11.1. The van der Waals surface area contributed by atoms with Crippen molar-refractivity contribution in [3.8, 4) is 0 Å². The Bertz CT molecular complexity index is 401. The van der Waals surface area contributed by atoms with Gasteiger partial charge in [-0.3, -0.25) is 0 Å². The van der Waals surface area contributed by atoms with E-state index >= 15 is 0 Å². The molecule has 0 aromatic heterocycles. The third-order valence-electron chi connectivity index (χ3n) is 5.25. The van der Waals surface area contributed by atoms with Crippen molar-refractivity contribution < 1.29 is 47.6 Å². The summed E-state index contributed by atoms with van der Waals surface area (Å²) in [5.41, 5.74) is 0. The van der Waals surface area contributed by atoms with Crippen LogP contribution in [0.25, 0.3) is 0 Å². The molecule has 0 aliphatic carbocycles. The van der Waals surface area contributed by atoms with Crippen molar-refractivity contribution in [1.29, 1.82) is 0 Å². The van der Waals surface area contributed by atoms with E-state index in [0.29, 0.717) is 19.3 Å². The van der Waals surface area contributed by atoms with E-state index in [-0.39, 0.29) is 29.6 Å². The number of hydrogen-bond acceptors (Lipinski definition) is 4. The van der Waals surface area contributed by atoms with Crippen molar-refractivity contribution in [3.05, 3.63) is 0 Å². The summed E-state index contributed by atoms with van der Waals surface area (Å²) in [7, 11) is -4.42. The van der Waals surface area contributed by atoms with Crippen LogP contribution in [0.15, 0.2) is 0 Å². The van der Waals surface area contributed by atoms with E-state index in [2.05, 4.69) is 13.8 Å².